The van der Waals surface area contributed by atoms with E-state index in [1.807, 2.05) is 0 Å². The normalized spacial score (nSPS) is 27.6. The molecule has 1 aliphatic rings. The highest BCUT2D eigenvalue weighted by atomic mass is 28.4. The van der Waals surface area contributed by atoms with Crippen LogP contribution in [0.1, 0.15) is 12.8 Å². The number of carbonyl (C=O) groups excluding carboxylic acids is 2. The molecule has 3 atom stereocenters. The lowest BCUT2D eigenvalue weighted by molar-refractivity contribution is -0.159. The van der Waals surface area contributed by atoms with Gasteiger partial charge in [0.15, 0.2) is 14.4 Å². The third-order valence-corrected chi connectivity index (χ3v) is 4.12. The molecule has 0 aromatic rings. The van der Waals surface area contributed by atoms with Crippen molar-refractivity contribution in [1.82, 2.24) is 0 Å². The van der Waals surface area contributed by atoms with Crippen LogP contribution >= 0.6 is 0 Å². The number of carbonyl (C=O) groups is 2. The Morgan fingerprint density at radius 1 is 1.05 bits per heavy atom. The molecular weight excluding hydrogens is 280 g/mol. The van der Waals surface area contributed by atoms with E-state index in [9.17, 15) is 9.59 Å². The van der Waals surface area contributed by atoms with Crippen molar-refractivity contribution in [3.63, 3.8) is 0 Å². The minimum Gasteiger partial charge on any atom is -0.469 e. The van der Waals surface area contributed by atoms with Crippen LogP contribution in [0.15, 0.2) is 0 Å². The zero-order valence-corrected chi connectivity index (χ0v) is 13.8. The summed E-state index contributed by atoms with van der Waals surface area (Å²) in [4.78, 5) is 23.4. The van der Waals surface area contributed by atoms with Crippen molar-refractivity contribution in [2.45, 2.75) is 44.7 Å². The Hall–Kier alpha value is -0.923. The van der Waals surface area contributed by atoms with E-state index >= 15 is 0 Å². The van der Waals surface area contributed by atoms with Crippen molar-refractivity contribution in [2.75, 3.05) is 20.8 Å². The summed E-state index contributed by atoms with van der Waals surface area (Å²) in [6, 6.07) is 0. The molecule has 0 aromatic carbocycles. The predicted molar refractivity (Wildman–Crippen MR) is 74.7 cm³/mol. The van der Waals surface area contributed by atoms with Crippen LogP contribution in [0, 0.1) is 5.92 Å². The summed E-state index contributed by atoms with van der Waals surface area (Å²) < 4.78 is 21.1. The highest BCUT2D eigenvalue weighted by Crippen LogP contribution is 2.26. The Labute approximate surface area is 120 Å². The molecule has 20 heavy (non-hydrogen) atoms. The first-order valence-corrected chi connectivity index (χ1v) is 10.1. The molecule has 1 heterocycles. The minimum absolute atomic E-state index is 0.113. The number of ether oxygens (including phenoxy) is 3. The number of methoxy groups -OCH3 is 2. The highest BCUT2D eigenvalue weighted by Gasteiger charge is 2.38. The van der Waals surface area contributed by atoms with E-state index in [-0.39, 0.29) is 18.7 Å². The van der Waals surface area contributed by atoms with E-state index in [1.54, 1.807) is 0 Å². The first kappa shape index (κ1) is 17.1. The van der Waals surface area contributed by atoms with Crippen LogP contribution < -0.4 is 0 Å². The molecule has 6 nitrogen and oxygen atoms in total. The lowest BCUT2D eigenvalue weighted by Crippen LogP contribution is -2.40. The average molecular weight is 304 g/mol. The summed E-state index contributed by atoms with van der Waals surface area (Å²) in [7, 11) is 0.863. The minimum atomic E-state index is -1.80. The number of esters is 2. The van der Waals surface area contributed by atoms with Crippen LogP contribution in [0.5, 0.6) is 0 Å². The lowest BCUT2D eigenvalue weighted by atomic mass is 10.00. The second-order valence-corrected chi connectivity index (χ2v) is 10.3. The zero-order chi connectivity index (χ0) is 15.3. The van der Waals surface area contributed by atoms with Crippen molar-refractivity contribution in [3.05, 3.63) is 0 Å². The van der Waals surface area contributed by atoms with Gasteiger partial charge in [-0.25, -0.2) is 4.79 Å². The fraction of sp³-hybridized carbons (Fsp3) is 0.846. The number of rotatable bonds is 4. The summed E-state index contributed by atoms with van der Waals surface area (Å²) in [5.41, 5.74) is 0. The topological polar surface area (TPSA) is 71.1 Å². The van der Waals surface area contributed by atoms with Crippen molar-refractivity contribution >= 4 is 20.3 Å². The van der Waals surface area contributed by atoms with E-state index in [0.29, 0.717) is 12.8 Å². The maximum absolute atomic E-state index is 11.9. The first-order valence-electron chi connectivity index (χ1n) is 6.73. The van der Waals surface area contributed by atoms with Gasteiger partial charge in [-0.1, -0.05) is 0 Å². The Balaban J connectivity index is 2.82. The van der Waals surface area contributed by atoms with Crippen molar-refractivity contribution in [2.24, 2.45) is 5.92 Å². The van der Waals surface area contributed by atoms with Gasteiger partial charge in [-0.15, -0.1) is 0 Å². The van der Waals surface area contributed by atoms with E-state index < -0.39 is 26.3 Å². The molecule has 1 unspecified atom stereocenters. The maximum atomic E-state index is 11.9. The lowest BCUT2D eigenvalue weighted by Gasteiger charge is -2.29. The second-order valence-electron chi connectivity index (χ2n) is 5.82. The van der Waals surface area contributed by atoms with Gasteiger partial charge in [-0.3, -0.25) is 4.79 Å². The molecule has 0 N–H and O–H groups in total. The van der Waals surface area contributed by atoms with Gasteiger partial charge in [0.2, 0.25) is 0 Å². The SMILES string of the molecule is COC(=O)[C@H]1CO[C@@H](C(=O)OC)CCC1O[Si](C)(C)C. The van der Waals surface area contributed by atoms with E-state index in [4.69, 9.17) is 18.6 Å². The van der Waals surface area contributed by atoms with Gasteiger partial charge in [-0.05, 0) is 32.5 Å². The average Bonchev–Trinajstić information content (AvgIpc) is 2.58. The molecule has 0 aliphatic carbocycles. The Morgan fingerprint density at radius 3 is 2.15 bits per heavy atom. The maximum Gasteiger partial charge on any atom is 0.334 e. The molecule has 1 aliphatic heterocycles. The molecule has 0 spiro atoms. The summed E-state index contributed by atoms with van der Waals surface area (Å²) in [6.45, 7) is 6.29. The number of hydrogen-bond acceptors (Lipinski definition) is 6. The Morgan fingerprint density at radius 2 is 1.65 bits per heavy atom. The largest absolute Gasteiger partial charge is 0.469 e. The number of hydrogen-bond donors (Lipinski definition) is 0. The molecule has 1 fully saturated rings. The smallest absolute Gasteiger partial charge is 0.334 e. The molecule has 1 rings (SSSR count). The summed E-state index contributed by atoms with van der Waals surface area (Å²) in [6.07, 6.45) is 0.144. The standard InChI is InChI=1S/C13H24O6Si/c1-16-12(14)9-8-18-11(13(15)17-2)7-6-10(9)19-20(3,4)5/h9-11H,6-8H2,1-5H3/t9-,10?,11+/m0/s1. The van der Waals surface area contributed by atoms with Gasteiger partial charge < -0.3 is 18.6 Å². The van der Waals surface area contributed by atoms with Gasteiger partial charge in [-0.2, -0.15) is 0 Å². The van der Waals surface area contributed by atoms with Crippen LogP contribution in [-0.4, -0.2) is 53.3 Å². The van der Waals surface area contributed by atoms with Crippen LogP contribution in [0.2, 0.25) is 19.6 Å². The molecule has 0 saturated carbocycles. The van der Waals surface area contributed by atoms with Gasteiger partial charge in [0.1, 0.15) is 5.92 Å². The molecule has 0 amide bonds. The zero-order valence-electron chi connectivity index (χ0n) is 12.8. The molecular formula is C13H24O6Si. The summed E-state index contributed by atoms with van der Waals surface area (Å²) >= 11 is 0. The molecule has 0 radical (unpaired) electrons. The van der Waals surface area contributed by atoms with Crippen LogP contribution in [0.3, 0.4) is 0 Å². The van der Waals surface area contributed by atoms with Crippen molar-refractivity contribution < 1.29 is 28.2 Å². The predicted octanol–water partition coefficient (Wildman–Crippen LogP) is 1.35. The third kappa shape index (κ3) is 4.88. The molecule has 1 saturated heterocycles. The monoisotopic (exact) mass is 304 g/mol. The summed E-state index contributed by atoms with van der Waals surface area (Å²) in [5.74, 6) is -1.28. The fourth-order valence-corrected chi connectivity index (χ4v) is 3.40. The summed E-state index contributed by atoms with van der Waals surface area (Å²) in [5, 5.41) is 0. The Bertz CT molecular complexity index is 351. The van der Waals surface area contributed by atoms with Gasteiger partial charge >= 0.3 is 11.9 Å². The van der Waals surface area contributed by atoms with Gasteiger partial charge in [0, 0.05) is 0 Å². The van der Waals surface area contributed by atoms with Crippen molar-refractivity contribution in [3.8, 4) is 0 Å². The quantitative estimate of drug-likeness (QED) is 0.577. The Kier molecular flexibility index (Phi) is 6.16. The van der Waals surface area contributed by atoms with Crippen LogP contribution in [0.4, 0.5) is 0 Å². The van der Waals surface area contributed by atoms with Crippen LogP contribution in [0.25, 0.3) is 0 Å². The van der Waals surface area contributed by atoms with E-state index in [2.05, 4.69) is 19.6 Å². The molecule has 0 bridgehead atoms. The third-order valence-electron chi connectivity index (χ3n) is 3.11. The van der Waals surface area contributed by atoms with E-state index in [0.717, 1.165) is 0 Å². The fourth-order valence-electron chi connectivity index (χ4n) is 2.21. The van der Waals surface area contributed by atoms with Crippen LogP contribution in [-0.2, 0) is 28.2 Å². The highest BCUT2D eigenvalue weighted by molar-refractivity contribution is 6.69. The first-order chi connectivity index (χ1) is 9.28. The molecule has 7 heteroatoms. The molecule has 0 aromatic heterocycles. The van der Waals surface area contributed by atoms with Gasteiger partial charge in [0.25, 0.3) is 0 Å². The van der Waals surface area contributed by atoms with Crippen molar-refractivity contribution in [1.29, 1.82) is 0 Å². The van der Waals surface area contributed by atoms with E-state index in [1.165, 1.54) is 14.2 Å². The van der Waals surface area contributed by atoms with Gasteiger partial charge in [0.05, 0.1) is 26.9 Å². The second kappa shape index (κ2) is 7.19. The molecule has 116 valence electrons.